The minimum absolute atomic E-state index is 0.00545. The number of amides is 5. The molecule has 52 heavy (non-hydrogen) atoms. The van der Waals surface area contributed by atoms with Crippen LogP contribution in [0.5, 0.6) is 5.75 Å². The van der Waals surface area contributed by atoms with Crippen molar-refractivity contribution in [3.63, 3.8) is 0 Å². The predicted octanol–water partition coefficient (Wildman–Crippen LogP) is -0.185. The summed E-state index contributed by atoms with van der Waals surface area (Å²) in [7, 11) is 0. The fourth-order valence-corrected chi connectivity index (χ4v) is 5.65. The first-order valence-corrected chi connectivity index (χ1v) is 18.1. The molecule has 0 saturated carbocycles. The molecule has 0 aromatic heterocycles. The first-order chi connectivity index (χ1) is 24.7. The van der Waals surface area contributed by atoms with Crippen LogP contribution in [-0.2, 0) is 35.2 Å². The Bertz CT molecular complexity index is 1360. The van der Waals surface area contributed by atoms with Crippen molar-refractivity contribution in [3.05, 3.63) is 42.0 Å². The lowest BCUT2D eigenvalue weighted by molar-refractivity contribution is -0.142. The Morgan fingerprint density at radius 1 is 0.788 bits per heavy atom. The summed E-state index contributed by atoms with van der Waals surface area (Å²) in [4.78, 5) is 79.7. The molecule has 5 amide bonds. The van der Waals surface area contributed by atoms with Crippen LogP contribution in [0.4, 0.5) is 0 Å². The molecule has 1 aromatic rings. The van der Waals surface area contributed by atoms with E-state index in [1.807, 2.05) is 13.8 Å². The number of rotatable bonds is 18. The van der Waals surface area contributed by atoms with Gasteiger partial charge in [-0.15, -0.1) is 0 Å². The van der Waals surface area contributed by atoms with Crippen molar-refractivity contribution in [3.8, 4) is 5.75 Å². The van der Waals surface area contributed by atoms with Gasteiger partial charge in [-0.2, -0.15) is 0 Å². The third-order valence-corrected chi connectivity index (χ3v) is 8.64. The Kier molecular flexibility index (Phi) is 19.4. The fraction of sp³-hybridized carbons (Fsp3) is 0.611. The molecule has 0 fully saturated rings. The second-order valence-corrected chi connectivity index (χ2v) is 13.6. The summed E-state index contributed by atoms with van der Waals surface area (Å²) in [5.74, 6) is -4.55. The van der Waals surface area contributed by atoms with Gasteiger partial charge < -0.3 is 54.0 Å². The number of carboxylic acid groups (broad SMARTS) is 1. The Labute approximate surface area is 305 Å². The van der Waals surface area contributed by atoms with Gasteiger partial charge in [-0.05, 0) is 88.1 Å². The van der Waals surface area contributed by atoms with Crippen LogP contribution in [0.25, 0.3) is 0 Å². The van der Waals surface area contributed by atoms with Crippen molar-refractivity contribution in [1.29, 1.82) is 0 Å². The second-order valence-electron chi connectivity index (χ2n) is 13.6. The van der Waals surface area contributed by atoms with E-state index in [1.54, 1.807) is 24.3 Å². The summed E-state index contributed by atoms with van der Waals surface area (Å²) in [5, 5.41) is 32.9. The number of aliphatic carboxylic acids is 1. The average Bonchev–Trinajstić information content (AvgIpc) is 3.09. The van der Waals surface area contributed by atoms with Gasteiger partial charge in [0.25, 0.3) is 0 Å². The Morgan fingerprint density at radius 2 is 1.35 bits per heavy atom. The highest BCUT2D eigenvalue weighted by molar-refractivity contribution is 5.96. The van der Waals surface area contributed by atoms with Gasteiger partial charge in [-0.1, -0.05) is 51.0 Å². The number of nitrogens with one attached hydrogen (secondary N) is 5. The number of nitrogens with two attached hydrogens (primary N) is 3. The number of benzene rings is 1. The van der Waals surface area contributed by atoms with E-state index in [2.05, 4.69) is 26.6 Å². The third-order valence-electron chi connectivity index (χ3n) is 8.64. The molecule has 1 aliphatic heterocycles. The van der Waals surface area contributed by atoms with Crippen LogP contribution in [0, 0.1) is 5.92 Å². The molecule has 16 nitrogen and oxygen atoms in total. The van der Waals surface area contributed by atoms with Crippen LogP contribution >= 0.6 is 0 Å². The van der Waals surface area contributed by atoms with Crippen molar-refractivity contribution < 1.29 is 39.0 Å². The van der Waals surface area contributed by atoms with Gasteiger partial charge in [0.1, 0.15) is 36.0 Å². The molecule has 1 aliphatic rings. The van der Waals surface area contributed by atoms with Gasteiger partial charge in [0.15, 0.2) is 0 Å². The largest absolute Gasteiger partial charge is 0.508 e. The maximum absolute atomic E-state index is 13.9. The molecule has 0 unspecified atom stereocenters. The number of phenols is 1. The standard InChI is InChI=1S/C36H58N8O8/c1-22(2)20-30(36(51)52)44-35(50)29(21-23-14-16-24(45)17-15-23)43-34(49)27-12-6-5-10-25(39)31(46)40-26(11-4-3-8-18-37)32(47)42-28(33(48)41-27)13-7-9-19-38/h5-6,14-17,22,25-30,45H,3-4,7-13,18-21,37-39H2,1-2H3,(H,40,46)(H,41,48)(H,42,47)(H,43,49)(H,44,50)(H,51,52)/b6-5+/t25-,26-,27-,28-,29-,30-/m0/s1. The molecule has 0 radical (unpaired) electrons. The van der Waals surface area contributed by atoms with Crippen molar-refractivity contribution in [2.75, 3.05) is 13.1 Å². The van der Waals surface area contributed by atoms with Crippen molar-refractivity contribution >= 4 is 35.5 Å². The van der Waals surface area contributed by atoms with Gasteiger partial charge in [0, 0.05) is 6.42 Å². The molecule has 1 heterocycles. The zero-order valence-electron chi connectivity index (χ0n) is 30.3. The van der Waals surface area contributed by atoms with Crippen molar-refractivity contribution in [2.45, 2.75) is 121 Å². The summed E-state index contributed by atoms with van der Waals surface area (Å²) in [6.45, 7) is 4.48. The average molecular weight is 731 g/mol. The molecule has 2 rings (SSSR count). The van der Waals surface area contributed by atoms with E-state index in [4.69, 9.17) is 17.2 Å². The number of hydrogen-bond acceptors (Lipinski definition) is 10. The van der Waals surface area contributed by atoms with E-state index in [-0.39, 0.29) is 43.8 Å². The zero-order chi connectivity index (χ0) is 38.6. The number of carbonyl (C=O) groups is 6. The first kappa shape index (κ1) is 43.6. The molecule has 6 atom stereocenters. The van der Waals surface area contributed by atoms with Crippen LogP contribution in [0.15, 0.2) is 36.4 Å². The first-order valence-electron chi connectivity index (χ1n) is 18.1. The normalized spacial score (nSPS) is 21.8. The maximum atomic E-state index is 13.9. The van der Waals surface area contributed by atoms with Crippen molar-refractivity contribution in [2.24, 2.45) is 23.1 Å². The molecular weight excluding hydrogens is 672 g/mol. The number of phenolic OH excluding ortho intramolecular Hbond substituents is 1. The lowest BCUT2D eigenvalue weighted by Gasteiger charge is -2.27. The molecule has 0 saturated heterocycles. The van der Waals surface area contributed by atoms with Gasteiger partial charge >= 0.3 is 5.97 Å². The molecule has 0 aliphatic carbocycles. The lowest BCUT2D eigenvalue weighted by atomic mass is 10.0. The van der Waals surface area contributed by atoms with E-state index in [0.29, 0.717) is 44.3 Å². The number of carboxylic acids is 1. The van der Waals surface area contributed by atoms with Gasteiger partial charge in [0.2, 0.25) is 29.5 Å². The number of aromatic hydroxyl groups is 1. The number of hydrogen-bond donors (Lipinski definition) is 10. The molecule has 13 N–H and O–H groups in total. The lowest BCUT2D eigenvalue weighted by Crippen LogP contribution is -2.59. The van der Waals surface area contributed by atoms with Gasteiger partial charge in [-0.25, -0.2) is 4.79 Å². The van der Waals surface area contributed by atoms with Crippen LogP contribution < -0.4 is 43.8 Å². The Morgan fingerprint density at radius 3 is 1.94 bits per heavy atom. The quantitative estimate of drug-likeness (QED) is 0.0698. The maximum Gasteiger partial charge on any atom is 0.326 e. The summed E-state index contributed by atoms with van der Waals surface area (Å²) in [6.07, 6.45) is 6.94. The number of unbranched alkanes of at least 4 members (excludes halogenated alkanes) is 3. The minimum atomic E-state index is -1.27. The van der Waals surface area contributed by atoms with E-state index in [1.165, 1.54) is 12.1 Å². The smallest absolute Gasteiger partial charge is 0.326 e. The van der Waals surface area contributed by atoms with E-state index >= 15 is 0 Å². The van der Waals surface area contributed by atoms with E-state index in [0.717, 1.165) is 12.8 Å². The number of carbonyl (C=O) groups excluding carboxylic acids is 5. The molecule has 0 spiro atoms. The summed E-state index contributed by atoms with van der Waals surface area (Å²) < 4.78 is 0. The predicted molar refractivity (Wildman–Crippen MR) is 195 cm³/mol. The molecular formula is C36H58N8O8. The molecule has 16 heteroatoms. The third kappa shape index (κ3) is 15.8. The minimum Gasteiger partial charge on any atom is -0.508 e. The summed E-state index contributed by atoms with van der Waals surface area (Å²) in [6, 6.07) is -0.786. The molecule has 0 bridgehead atoms. The topological polar surface area (TPSA) is 281 Å². The molecule has 1 aromatic carbocycles. The second kappa shape index (κ2) is 23.1. The summed E-state index contributed by atoms with van der Waals surface area (Å²) in [5.41, 5.74) is 18.0. The van der Waals surface area contributed by atoms with Gasteiger partial charge in [-0.3, -0.25) is 24.0 Å². The van der Waals surface area contributed by atoms with Crippen molar-refractivity contribution in [1.82, 2.24) is 26.6 Å². The zero-order valence-corrected chi connectivity index (χ0v) is 30.3. The molecule has 290 valence electrons. The van der Waals surface area contributed by atoms with Gasteiger partial charge in [0.05, 0.1) is 6.04 Å². The van der Waals surface area contributed by atoms with E-state index in [9.17, 15) is 39.0 Å². The van der Waals surface area contributed by atoms with E-state index < -0.39 is 71.8 Å². The SMILES string of the molecule is CC(C)C[C@H](NC(=O)[C@H](Cc1ccc(O)cc1)NC(=O)[C@@H]1C/C=C/C[C@H](N)C(=O)N[C@@H](CCCCCN)C(=O)N[C@@H](CCCCN)C(=O)N1)C(=O)O. The van der Waals surface area contributed by atoms with Crippen LogP contribution in [-0.4, -0.2) is 95.1 Å². The highest BCUT2D eigenvalue weighted by Gasteiger charge is 2.33. The highest BCUT2D eigenvalue weighted by Crippen LogP contribution is 2.14. The summed E-state index contributed by atoms with van der Waals surface area (Å²) >= 11 is 0. The monoisotopic (exact) mass is 730 g/mol. The van der Waals surface area contributed by atoms with Crippen LogP contribution in [0.2, 0.25) is 0 Å². The fourth-order valence-electron chi connectivity index (χ4n) is 5.65. The highest BCUT2D eigenvalue weighted by atomic mass is 16.4. The van der Waals surface area contributed by atoms with Crippen LogP contribution in [0.1, 0.15) is 83.6 Å². The Balaban J connectivity index is 2.42. The Hall–Kier alpha value is -4.54. The van der Waals surface area contributed by atoms with Crippen LogP contribution in [0.3, 0.4) is 0 Å².